The number of rotatable bonds is 2. The van der Waals surface area contributed by atoms with E-state index in [1.807, 2.05) is 19.1 Å². The Morgan fingerprint density at radius 1 is 1.19 bits per heavy atom. The lowest BCUT2D eigenvalue weighted by molar-refractivity contribution is -0.894. The lowest BCUT2D eigenvalue weighted by Gasteiger charge is -2.40. The number of likely N-dealkylation sites (N-methyl/N-ethyl adjacent to an activating group) is 1. The molecule has 0 saturated carbocycles. The first kappa shape index (κ1) is 12.5. The molecule has 0 aromatic heterocycles. The summed E-state index contributed by atoms with van der Waals surface area (Å²) >= 11 is 0. The van der Waals surface area contributed by atoms with E-state index in [0.29, 0.717) is 0 Å². The van der Waals surface area contributed by atoms with Crippen molar-refractivity contribution in [2.45, 2.75) is 13.3 Å². The van der Waals surface area contributed by atoms with Crippen molar-refractivity contribution in [3.8, 4) is 12.1 Å². The molecule has 0 aliphatic carbocycles. The van der Waals surface area contributed by atoms with Gasteiger partial charge in [-0.25, -0.2) is 0 Å². The minimum Gasteiger partial charge on any atom is -0.362 e. The van der Waals surface area contributed by atoms with Crippen LogP contribution in [0.15, 0.2) is 11.3 Å². The molecule has 0 spiro atoms. The Balaban J connectivity index is 2.83. The Labute approximate surface area is 97.6 Å². The van der Waals surface area contributed by atoms with E-state index in [-0.39, 0.29) is 5.57 Å². The molecule has 16 heavy (non-hydrogen) atoms. The van der Waals surface area contributed by atoms with Gasteiger partial charge in [0.25, 0.3) is 0 Å². The van der Waals surface area contributed by atoms with Crippen molar-refractivity contribution >= 4 is 0 Å². The van der Waals surface area contributed by atoms with E-state index < -0.39 is 0 Å². The molecule has 1 rings (SSSR count). The maximum absolute atomic E-state index is 8.90. The maximum atomic E-state index is 8.90. The van der Waals surface area contributed by atoms with Crippen LogP contribution in [-0.2, 0) is 0 Å². The van der Waals surface area contributed by atoms with Crippen molar-refractivity contribution in [1.82, 2.24) is 4.90 Å². The van der Waals surface area contributed by atoms with Gasteiger partial charge >= 0.3 is 0 Å². The van der Waals surface area contributed by atoms with Gasteiger partial charge < -0.3 is 9.38 Å². The second-order valence-corrected chi connectivity index (χ2v) is 4.77. The summed E-state index contributed by atoms with van der Waals surface area (Å²) < 4.78 is 1.02. The Morgan fingerprint density at radius 2 is 1.69 bits per heavy atom. The summed E-state index contributed by atoms with van der Waals surface area (Å²) in [5, 5.41) is 17.8. The predicted octanol–water partition coefficient (Wildman–Crippen LogP) is 1.09. The quantitative estimate of drug-likeness (QED) is 0.516. The second kappa shape index (κ2) is 5.01. The fourth-order valence-electron chi connectivity index (χ4n) is 1.99. The SMILES string of the molecule is CCC(=C(C#N)C#N)N1CC[N+](C)(C)CC1. The number of hydrogen-bond acceptors (Lipinski definition) is 3. The van der Waals surface area contributed by atoms with Crippen molar-refractivity contribution in [3.63, 3.8) is 0 Å². The van der Waals surface area contributed by atoms with Crippen LogP contribution in [0.3, 0.4) is 0 Å². The van der Waals surface area contributed by atoms with Crippen LogP contribution in [0.4, 0.5) is 0 Å². The Kier molecular flexibility index (Phi) is 3.93. The average molecular weight is 219 g/mol. The largest absolute Gasteiger partial charge is 0.362 e. The number of hydrogen-bond donors (Lipinski definition) is 0. The molecule has 0 N–H and O–H groups in total. The number of allylic oxidation sites excluding steroid dienone is 2. The molecule has 1 heterocycles. The van der Waals surface area contributed by atoms with E-state index in [0.717, 1.165) is 42.8 Å². The second-order valence-electron chi connectivity index (χ2n) is 4.77. The van der Waals surface area contributed by atoms with Crippen molar-refractivity contribution in [3.05, 3.63) is 11.3 Å². The van der Waals surface area contributed by atoms with E-state index in [2.05, 4.69) is 19.0 Å². The van der Waals surface area contributed by atoms with E-state index in [1.54, 1.807) is 0 Å². The minimum absolute atomic E-state index is 0.273. The van der Waals surface area contributed by atoms with Crippen LogP contribution in [0, 0.1) is 22.7 Å². The third-order valence-corrected chi connectivity index (χ3v) is 3.18. The zero-order chi connectivity index (χ0) is 12.2. The van der Waals surface area contributed by atoms with E-state index >= 15 is 0 Å². The standard InChI is InChI=1S/C12H19N4/c1-4-12(11(9-13)10-14)15-5-7-16(2,3)8-6-15/h4-8H2,1-3H3/q+1. The highest BCUT2D eigenvalue weighted by molar-refractivity contribution is 5.39. The van der Waals surface area contributed by atoms with Crippen LogP contribution in [-0.4, -0.2) is 49.7 Å². The van der Waals surface area contributed by atoms with Gasteiger partial charge in [0, 0.05) is 5.70 Å². The zero-order valence-electron chi connectivity index (χ0n) is 10.3. The van der Waals surface area contributed by atoms with Crippen LogP contribution in [0.1, 0.15) is 13.3 Å². The molecule has 0 aromatic rings. The minimum atomic E-state index is 0.273. The van der Waals surface area contributed by atoms with Crippen LogP contribution in [0.5, 0.6) is 0 Å². The van der Waals surface area contributed by atoms with Gasteiger partial charge in [-0.15, -0.1) is 0 Å². The highest BCUT2D eigenvalue weighted by atomic mass is 15.4. The van der Waals surface area contributed by atoms with Gasteiger partial charge in [-0.1, -0.05) is 6.92 Å². The van der Waals surface area contributed by atoms with Gasteiger partial charge in [0.1, 0.15) is 17.7 Å². The van der Waals surface area contributed by atoms with Crippen LogP contribution < -0.4 is 0 Å². The molecule has 1 fully saturated rings. The monoisotopic (exact) mass is 219 g/mol. The summed E-state index contributed by atoms with van der Waals surface area (Å²) in [6.45, 7) is 5.99. The molecule has 1 saturated heterocycles. The number of nitrogens with zero attached hydrogens (tertiary/aromatic N) is 4. The fourth-order valence-corrected chi connectivity index (χ4v) is 1.99. The molecule has 0 bridgehead atoms. The van der Waals surface area contributed by atoms with Crippen molar-refractivity contribution in [2.75, 3.05) is 40.3 Å². The third-order valence-electron chi connectivity index (χ3n) is 3.18. The topological polar surface area (TPSA) is 50.8 Å². The Morgan fingerprint density at radius 3 is 2.06 bits per heavy atom. The molecule has 0 radical (unpaired) electrons. The van der Waals surface area contributed by atoms with Gasteiger partial charge in [0.05, 0.1) is 40.3 Å². The molecule has 0 unspecified atom stereocenters. The molecule has 4 nitrogen and oxygen atoms in total. The first-order chi connectivity index (χ1) is 7.54. The molecule has 1 aliphatic rings. The molecule has 4 heteroatoms. The smallest absolute Gasteiger partial charge is 0.148 e. The molecule has 0 aromatic carbocycles. The highest BCUT2D eigenvalue weighted by Gasteiger charge is 2.26. The summed E-state index contributed by atoms with van der Waals surface area (Å²) in [4.78, 5) is 2.19. The molecule has 1 aliphatic heterocycles. The Hall–Kier alpha value is -1.52. The molecule has 0 atom stereocenters. The maximum Gasteiger partial charge on any atom is 0.148 e. The normalized spacial score (nSPS) is 18.4. The summed E-state index contributed by atoms with van der Waals surface area (Å²) in [7, 11) is 4.42. The predicted molar refractivity (Wildman–Crippen MR) is 62.0 cm³/mol. The Bertz CT molecular complexity index is 341. The molecular weight excluding hydrogens is 200 g/mol. The van der Waals surface area contributed by atoms with E-state index in [4.69, 9.17) is 10.5 Å². The van der Waals surface area contributed by atoms with Crippen molar-refractivity contribution in [1.29, 1.82) is 10.5 Å². The molecule has 0 amide bonds. The van der Waals surface area contributed by atoms with Gasteiger partial charge in [0.2, 0.25) is 0 Å². The zero-order valence-corrected chi connectivity index (χ0v) is 10.3. The van der Waals surface area contributed by atoms with Crippen molar-refractivity contribution in [2.24, 2.45) is 0 Å². The fraction of sp³-hybridized carbons (Fsp3) is 0.667. The van der Waals surface area contributed by atoms with Gasteiger partial charge in [-0.05, 0) is 6.42 Å². The van der Waals surface area contributed by atoms with Gasteiger partial charge in [-0.3, -0.25) is 0 Å². The molecular formula is C12H19N4+. The average Bonchev–Trinajstić information content (AvgIpc) is 2.26. The molecule has 86 valence electrons. The third kappa shape index (κ3) is 2.74. The van der Waals surface area contributed by atoms with Gasteiger partial charge in [0.15, 0.2) is 0 Å². The summed E-state index contributed by atoms with van der Waals surface area (Å²) in [6, 6.07) is 3.99. The van der Waals surface area contributed by atoms with Crippen LogP contribution >= 0.6 is 0 Å². The lowest BCUT2D eigenvalue weighted by atomic mass is 10.1. The lowest BCUT2D eigenvalue weighted by Crippen LogP contribution is -2.54. The summed E-state index contributed by atoms with van der Waals surface area (Å²) in [5.41, 5.74) is 1.18. The number of piperazine rings is 1. The highest BCUT2D eigenvalue weighted by Crippen LogP contribution is 2.17. The summed E-state index contributed by atoms with van der Waals surface area (Å²) in [5.74, 6) is 0. The van der Waals surface area contributed by atoms with E-state index in [1.165, 1.54) is 0 Å². The summed E-state index contributed by atoms with van der Waals surface area (Å²) in [6.07, 6.45) is 0.754. The number of nitriles is 2. The van der Waals surface area contributed by atoms with E-state index in [9.17, 15) is 0 Å². The first-order valence-corrected chi connectivity index (χ1v) is 5.64. The number of quaternary nitrogens is 1. The van der Waals surface area contributed by atoms with Gasteiger partial charge in [-0.2, -0.15) is 10.5 Å². The van der Waals surface area contributed by atoms with Crippen LogP contribution in [0.2, 0.25) is 0 Å². The van der Waals surface area contributed by atoms with Crippen molar-refractivity contribution < 1.29 is 4.48 Å². The first-order valence-electron chi connectivity index (χ1n) is 5.64. The van der Waals surface area contributed by atoms with Crippen LogP contribution in [0.25, 0.3) is 0 Å².